The Morgan fingerprint density at radius 3 is 2.45 bits per heavy atom. The third-order valence-electron chi connectivity index (χ3n) is 7.31. The van der Waals surface area contributed by atoms with Crippen molar-refractivity contribution >= 4 is 23.3 Å². The number of carbonyl (C=O) groups is 2. The van der Waals surface area contributed by atoms with Gasteiger partial charge in [-0.05, 0) is 30.5 Å². The highest BCUT2D eigenvalue weighted by Gasteiger charge is 2.51. The molecule has 1 aromatic carbocycles. The van der Waals surface area contributed by atoms with Crippen LogP contribution in [0.3, 0.4) is 0 Å². The average Bonchev–Trinajstić information content (AvgIpc) is 3.63. The first kappa shape index (κ1) is 26.0. The number of ether oxygens (including phenoxy) is 2. The molecule has 1 aliphatic heterocycles. The minimum Gasteiger partial charge on any atom is -0.479 e. The van der Waals surface area contributed by atoms with E-state index in [1.165, 1.54) is 6.33 Å². The summed E-state index contributed by atoms with van der Waals surface area (Å²) in [5.41, 5.74) is -1.02. The number of aliphatic carboxylic acids is 2. The van der Waals surface area contributed by atoms with Crippen molar-refractivity contribution in [1.82, 2.24) is 14.6 Å². The van der Waals surface area contributed by atoms with Crippen molar-refractivity contribution in [2.24, 2.45) is 0 Å². The summed E-state index contributed by atoms with van der Waals surface area (Å²) in [7, 11) is 0. The van der Waals surface area contributed by atoms with Gasteiger partial charge in [-0.3, -0.25) is 0 Å². The van der Waals surface area contributed by atoms with Crippen LogP contribution in [0, 0.1) is 0 Å². The van der Waals surface area contributed by atoms with Crippen LogP contribution in [0.5, 0.6) is 0 Å². The van der Waals surface area contributed by atoms with Crippen LogP contribution in [-0.4, -0.2) is 83.5 Å². The molecule has 12 nitrogen and oxygen atoms in total. The van der Waals surface area contributed by atoms with Crippen molar-refractivity contribution in [1.29, 1.82) is 0 Å². The van der Waals surface area contributed by atoms with Gasteiger partial charge in [0.05, 0.1) is 12.3 Å². The molecule has 2 aliphatic rings. The fraction of sp³-hybridized carbons (Fsp3) is 0.462. The van der Waals surface area contributed by atoms with Crippen LogP contribution in [0.25, 0.3) is 5.52 Å². The predicted molar refractivity (Wildman–Crippen MR) is 133 cm³/mol. The molecule has 0 spiro atoms. The topological polar surface area (TPSA) is 176 Å². The van der Waals surface area contributed by atoms with E-state index in [0.29, 0.717) is 28.6 Å². The third kappa shape index (κ3) is 4.83. The van der Waals surface area contributed by atoms with Crippen LogP contribution < -0.4 is 5.32 Å². The minimum absolute atomic E-state index is 0.323. The number of hydrogen-bond donors (Lipinski definition) is 5. The standard InChI is InChI=1S/C26H30N4O8/c31-20-19(13-37-26(24(33)34,25(35)36)12-15-6-2-1-3-7-15)38-22(21(20)32)17-10-11-18-23(27-14-28-30(17)18)29-16-8-4-5-9-16/h1-3,6-7,10-11,14,16,19-22,31-32H,4-5,8-9,12-13H2,(H,33,34)(H,35,36)(H,27,28,29)/t19-,20-,21-,22?/m1/s1. The number of nitrogens with zero attached hydrogens (tertiary/aromatic N) is 3. The second-order valence-corrected chi connectivity index (χ2v) is 9.78. The summed E-state index contributed by atoms with van der Waals surface area (Å²) in [6, 6.07) is 12.1. The fourth-order valence-corrected chi connectivity index (χ4v) is 5.20. The number of aliphatic hydroxyl groups excluding tert-OH is 2. The Bertz CT molecular complexity index is 1280. The SMILES string of the molecule is O=C(O)C(Cc1ccccc1)(OC[C@H]1OC(c2ccc3c(NC4CCCC4)ncnn23)[C@H](O)[C@@H]1O)C(=O)O. The molecule has 1 unspecified atom stereocenters. The predicted octanol–water partition coefficient (Wildman–Crippen LogP) is 1.41. The van der Waals surface area contributed by atoms with Crippen molar-refractivity contribution < 1.29 is 39.5 Å². The Balaban J connectivity index is 1.34. The number of anilines is 1. The minimum atomic E-state index is -2.61. The molecule has 5 N–H and O–H groups in total. The number of hydrogen-bond acceptors (Lipinski definition) is 9. The zero-order valence-corrected chi connectivity index (χ0v) is 20.5. The van der Waals surface area contributed by atoms with Crippen LogP contribution >= 0.6 is 0 Å². The summed E-state index contributed by atoms with van der Waals surface area (Å²) >= 11 is 0. The number of aromatic nitrogens is 3. The molecule has 202 valence electrons. The van der Waals surface area contributed by atoms with E-state index >= 15 is 0 Å². The Hall–Kier alpha value is -3.58. The number of carboxylic acid groups (broad SMARTS) is 2. The second-order valence-electron chi connectivity index (χ2n) is 9.78. The molecule has 4 atom stereocenters. The lowest BCUT2D eigenvalue weighted by atomic mass is 9.94. The summed E-state index contributed by atoms with van der Waals surface area (Å²) in [6.45, 7) is -0.576. The first-order chi connectivity index (χ1) is 18.3. The molecule has 5 rings (SSSR count). The molecule has 38 heavy (non-hydrogen) atoms. The number of benzene rings is 1. The molecule has 2 aromatic heterocycles. The van der Waals surface area contributed by atoms with Gasteiger partial charge in [0.15, 0.2) is 5.82 Å². The Morgan fingerprint density at radius 1 is 1.05 bits per heavy atom. The van der Waals surface area contributed by atoms with Crippen LogP contribution in [0.15, 0.2) is 48.8 Å². The van der Waals surface area contributed by atoms with E-state index in [1.807, 2.05) is 0 Å². The molecule has 0 amide bonds. The molecule has 1 saturated heterocycles. The highest BCUT2D eigenvalue weighted by molar-refractivity contribution is 6.02. The quantitative estimate of drug-likeness (QED) is 0.242. The number of carboxylic acids is 2. The molecule has 12 heteroatoms. The summed E-state index contributed by atoms with van der Waals surface area (Å²) in [5.74, 6) is -2.72. The van der Waals surface area contributed by atoms with Crippen molar-refractivity contribution in [3.8, 4) is 0 Å². The van der Waals surface area contributed by atoms with E-state index in [2.05, 4.69) is 15.4 Å². The van der Waals surface area contributed by atoms with Gasteiger partial charge >= 0.3 is 11.9 Å². The molecular weight excluding hydrogens is 496 g/mol. The maximum Gasteiger partial charge on any atom is 0.348 e. The van der Waals surface area contributed by atoms with Gasteiger partial charge in [0.1, 0.15) is 36.3 Å². The summed E-state index contributed by atoms with van der Waals surface area (Å²) in [6.07, 6.45) is 0.327. The van der Waals surface area contributed by atoms with Crippen LogP contribution in [0.1, 0.15) is 43.0 Å². The van der Waals surface area contributed by atoms with E-state index in [-0.39, 0.29) is 0 Å². The number of fused-ring (bicyclic) bond motifs is 1. The Labute approximate surface area is 217 Å². The van der Waals surface area contributed by atoms with Crippen molar-refractivity contribution in [3.63, 3.8) is 0 Å². The molecule has 3 heterocycles. The van der Waals surface area contributed by atoms with Crippen molar-refractivity contribution in [3.05, 3.63) is 60.0 Å². The fourth-order valence-electron chi connectivity index (χ4n) is 5.20. The summed E-state index contributed by atoms with van der Waals surface area (Å²) in [4.78, 5) is 28.5. The largest absolute Gasteiger partial charge is 0.479 e. The normalized spacial score (nSPS) is 24.2. The van der Waals surface area contributed by atoms with E-state index in [0.717, 1.165) is 25.7 Å². The third-order valence-corrected chi connectivity index (χ3v) is 7.31. The van der Waals surface area contributed by atoms with Gasteiger partial charge in [0.2, 0.25) is 0 Å². The first-order valence-electron chi connectivity index (χ1n) is 12.6. The maximum atomic E-state index is 12.1. The van der Waals surface area contributed by atoms with E-state index in [9.17, 15) is 30.0 Å². The van der Waals surface area contributed by atoms with Gasteiger partial charge in [-0.15, -0.1) is 0 Å². The highest BCUT2D eigenvalue weighted by atomic mass is 16.6. The zero-order valence-electron chi connectivity index (χ0n) is 20.5. The van der Waals surface area contributed by atoms with Gasteiger partial charge in [-0.2, -0.15) is 5.10 Å². The monoisotopic (exact) mass is 526 g/mol. The van der Waals surface area contributed by atoms with Gasteiger partial charge in [0, 0.05) is 12.5 Å². The van der Waals surface area contributed by atoms with E-state index < -0.39 is 55.0 Å². The number of rotatable bonds is 10. The van der Waals surface area contributed by atoms with Crippen LogP contribution in [0.4, 0.5) is 5.82 Å². The maximum absolute atomic E-state index is 12.1. The average molecular weight is 527 g/mol. The highest BCUT2D eigenvalue weighted by Crippen LogP contribution is 2.36. The molecule has 2 fully saturated rings. The summed E-state index contributed by atoms with van der Waals surface area (Å²) in [5, 5.41) is 48.9. The molecule has 0 radical (unpaired) electrons. The van der Waals surface area contributed by atoms with Gasteiger partial charge in [0.25, 0.3) is 5.60 Å². The van der Waals surface area contributed by atoms with Crippen molar-refractivity contribution in [2.75, 3.05) is 11.9 Å². The van der Waals surface area contributed by atoms with Crippen LogP contribution in [0.2, 0.25) is 0 Å². The van der Waals surface area contributed by atoms with Gasteiger partial charge in [-0.25, -0.2) is 19.1 Å². The molecule has 1 aliphatic carbocycles. The zero-order chi connectivity index (χ0) is 26.9. The van der Waals surface area contributed by atoms with E-state index in [4.69, 9.17) is 9.47 Å². The smallest absolute Gasteiger partial charge is 0.348 e. The molecular formula is C26H30N4O8. The first-order valence-corrected chi connectivity index (χ1v) is 12.6. The lowest BCUT2D eigenvalue weighted by Crippen LogP contribution is -2.52. The van der Waals surface area contributed by atoms with Gasteiger partial charge in [-0.1, -0.05) is 43.2 Å². The lowest BCUT2D eigenvalue weighted by Gasteiger charge is -2.27. The number of nitrogens with one attached hydrogen (secondary N) is 1. The number of aliphatic hydroxyl groups is 2. The summed E-state index contributed by atoms with van der Waals surface area (Å²) < 4.78 is 12.9. The van der Waals surface area contributed by atoms with Crippen LogP contribution in [-0.2, 0) is 25.5 Å². The van der Waals surface area contributed by atoms with Gasteiger partial charge < -0.3 is 35.2 Å². The molecule has 3 aromatic rings. The second kappa shape index (κ2) is 10.7. The Morgan fingerprint density at radius 2 is 1.76 bits per heavy atom. The van der Waals surface area contributed by atoms with E-state index in [1.54, 1.807) is 47.0 Å². The Kier molecular flexibility index (Phi) is 7.30. The van der Waals surface area contributed by atoms with Crippen molar-refractivity contribution in [2.45, 2.75) is 68.2 Å². The molecule has 1 saturated carbocycles. The lowest BCUT2D eigenvalue weighted by molar-refractivity contribution is -0.189. The molecule has 0 bridgehead atoms.